The van der Waals surface area contributed by atoms with Gasteiger partial charge in [0.1, 0.15) is 10.7 Å². The van der Waals surface area contributed by atoms with E-state index in [0.717, 1.165) is 9.37 Å². The van der Waals surface area contributed by atoms with Crippen LogP contribution in [0.5, 0.6) is 11.5 Å². The van der Waals surface area contributed by atoms with E-state index in [0.29, 0.717) is 11.3 Å². The molecule has 0 unspecified atom stereocenters. The van der Waals surface area contributed by atoms with E-state index in [1.54, 1.807) is 18.2 Å². The Bertz CT molecular complexity index is 664. The van der Waals surface area contributed by atoms with Crippen molar-refractivity contribution in [3.8, 4) is 11.5 Å². The Morgan fingerprint density at radius 2 is 2.05 bits per heavy atom. The quantitative estimate of drug-likeness (QED) is 0.621. The fraction of sp³-hybridized carbons (Fsp3) is 0.0714. The van der Waals surface area contributed by atoms with E-state index in [1.807, 2.05) is 18.4 Å². The third-order valence-corrected chi connectivity index (χ3v) is 4.04. The molecule has 2 N–H and O–H groups in total. The fourth-order valence-electron chi connectivity index (χ4n) is 1.68. The lowest BCUT2D eigenvalue weighted by Crippen LogP contribution is -2.12. The number of nitrogens with two attached hydrogens (primary N) is 1. The van der Waals surface area contributed by atoms with Crippen molar-refractivity contribution in [2.45, 2.75) is 4.90 Å². The van der Waals surface area contributed by atoms with Crippen molar-refractivity contribution in [1.29, 1.82) is 0 Å². The van der Waals surface area contributed by atoms with E-state index >= 15 is 0 Å². The summed E-state index contributed by atoms with van der Waals surface area (Å²) < 4.78 is 20.1. The SMILES string of the molecule is CSc1cccc(Oc2cc(Br)ccc2F)c1C(N)=S. The Kier molecular flexibility index (Phi) is 5.01. The van der Waals surface area contributed by atoms with Crippen LogP contribution in [0, 0.1) is 5.82 Å². The summed E-state index contributed by atoms with van der Waals surface area (Å²) in [5, 5.41) is 0. The van der Waals surface area contributed by atoms with Gasteiger partial charge in [-0.3, -0.25) is 0 Å². The highest BCUT2D eigenvalue weighted by Gasteiger charge is 2.14. The molecular weight excluding hydrogens is 361 g/mol. The Morgan fingerprint density at radius 3 is 2.70 bits per heavy atom. The maximum atomic E-state index is 13.8. The molecular formula is C14H11BrFNOS2. The van der Waals surface area contributed by atoms with Crippen LogP contribution in [0.3, 0.4) is 0 Å². The van der Waals surface area contributed by atoms with Gasteiger partial charge >= 0.3 is 0 Å². The molecule has 0 aliphatic rings. The predicted octanol–water partition coefficient (Wildman–Crippen LogP) is 4.74. The summed E-state index contributed by atoms with van der Waals surface area (Å²) in [6.45, 7) is 0. The molecule has 0 aliphatic heterocycles. The average Bonchev–Trinajstić information content (AvgIpc) is 2.42. The Labute approximate surface area is 134 Å². The van der Waals surface area contributed by atoms with Crippen LogP contribution >= 0.6 is 39.9 Å². The van der Waals surface area contributed by atoms with E-state index in [2.05, 4.69) is 15.9 Å². The van der Waals surface area contributed by atoms with Crippen molar-refractivity contribution in [2.24, 2.45) is 5.73 Å². The summed E-state index contributed by atoms with van der Waals surface area (Å²) in [5.41, 5.74) is 6.37. The van der Waals surface area contributed by atoms with Crippen LogP contribution in [0.2, 0.25) is 0 Å². The third-order valence-electron chi connectivity index (χ3n) is 2.57. The van der Waals surface area contributed by atoms with Gasteiger partial charge in [-0.05, 0) is 36.6 Å². The molecule has 20 heavy (non-hydrogen) atoms. The van der Waals surface area contributed by atoms with E-state index in [-0.39, 0.29) is 10.7 Å². The van der Waals surface area contributed by atoms with Crippen molar-refractivity contribution >= 4 is 44.9 Å². The molecule has 2 rings (SSSR count). The van der Waals surface area contributed by atoms with Crippen LogP contribution in [0.1, 0.15) is 5.56 Å². The van der Waals surface area contributed by atoms with Crippen LogP contribution in [-0.4, -0.2) is 11.2 Å². The van der Waals surface area contributed by atoms with Crippen LogP contribution in [0.4, 0.5) is 4.39 Å². The lowest BCUT2D eigenvalue weighted by Gasteiger charge is -2.14. The molecule has 0 saturated carbocycles. The molecule has 0 aliphatic carbocycles. The van der Waals surface area contributed by atoms with Gasteiger partial charge in [-0.2, -0.15) is 0 Å². The maximum absolute atomic E-state index is 13.8. The number of thioether (sulfide) groups is 1. The normalized spacial score (nSPS) is 10.3. The molecule has 2 nitrogen and oxygen atoms in total. The van der Waals surface area contributed by atoms with Crippen molar-refractivity contribution in [3.63, 3.8) is 0 Å². The molecule has 2 aromatic carbocycles. The van der Waals surface area contributed by atoms with E-state index < -0.39 is 5.82 Å². The zero-order valence-electron chi connectivity index (χ0n) is 10.5. The first-order valence-corrected chi connectivity index (χ1v) is 8.05. The van der Waals surface area contributed by atoms with Crippen molar-refractivity contribution in [3.05, 3.63) is 52.3 Å². The summed E-state index contributed by atoms with van der Waals surface area (Å²) in [4.78, 5) is 1.12. The fourth-order valence-corrected chi connectivity index (χ4v) is 2.93. The zero-order valence-corrected chi connectivity index (χ0v) is 13.7. The second kappa shape index (κ2) is 6.56. The standard InChI is InChI=1S/C14H11BrFNOS2/c1-20-12-4-2-3-10(13(12)14(17)19)18-11-7-8(15)5-6-9(11)16/h2-7H,1H3,(H2,17,19). The molecule has 0 saturated heterocycles. The summed E-state index contributed by atoms with van der Waals surface area (Å²) in [6.07, 6.45) is 1.92. The minimum Gasteiger partial charge on any atom is -0.453 e. The van der Waals surface area contributed by atoms with Crippen molar-refractivity contribution in [2.75, 3.05) is 6.26 Å². The number of ether oxygens (including phenoxy) is 1. The van der Waals surface area contributed by atoms with Crippen LogP contribution < -0.4 is 10.5 Å². The smallest absolute Gasteiger partial charge is 0.165 e. The highest BCUT2D eigenvalue weighted by Crippen LogP contribution is 2.34. The average molecular weight is 372 g/mol. The molecule has 2 aromatic rings. The molecule has 6 heteroatoms. The van der Waals surface area contributed by atoms with Gasteiger partial charge in [0.2, 0.25) is 0 Å². The van der Waals surface area contributed by atoms with Gasteiger partial charge in [0.25, 0.3) is 0 Å². The molecule has 0 spiro atoms. The molecule has 0 aromatic heterocycles. The monoisotopic (exact) mass is 371 g/mol. The largest absolute Gasteiger partial charge is 0.453 e. The molecule has 0 atom stereocenters. The number of rotatable bonds is 4. The molecule has 0 amide bonds. The van der Waals surface area contributed by atoms with Gasteiger partial charge in [-0.25, -0.2) is 4.39 Å². The molecule has 0 heterocycles. The highest BCUT2D eigenvalue weighted by molar-refractivity contribution is 9.10. The summed E-state index contributed by atoms with van der Waals surface area (Å²) in [7, 11) is 0. The summed E-state index contributed by atoms with van der Waals surface area (Å²) in [5.74, 6) is 0.119. The van der Waals surface area contributed by atoms with Gasteiger partial charge in [0.15, 0.2) is 11.6 Å². The first-order chi connectivity index (χ1) is 9.52. The van der Waals surface area contributed by atoms with Gasteiger partial charge in [0, 0.05) is 9.37 Å². The van der Waals surface area contributed by atoms with Gasteiger partial charge in [0.05, 0.1) is 5.56 Å². The molecule has 0 bridgehead atoms. The lowest BCUT2D eigenvalue weighted by molar-refractivity contribution is 0.440. The predicted molar refractivity (Wildman–Crippen MR) is 88.3 cm³/mol. The molecule has 0 fully saturated rings. The van der Waals surface area contributed by atoms with E-state index in [1.165, 1.54) is 17.8 Å². The first-order valence-electron chi connectivity index (χ1n) is 5.62. The van der Waals surface area contributed by atoms with Gasteiger partial charge in [-0.15, -0.1) is 11.8 Å². The Hall–Kier alpha value is -1.11. The third kappa shape index (κ3) is 3.31. The lowest BCUT2D eigenvalue weighted by atomic mass is 10.2. The van der Waals surface area contributed by atoms with Crippen molar-refractivity contribution < 1.29 is 9.13 Å². The maximum Gasteiger partial charge on any atom is 0.165 e. The topological polar surface area (TPSA) is 35.2 Å². The number of thiocarbonyl (C=S) groups is 1. The summed E-state index contributed by atoms with van der Waals surface area (Å²) in [6, 6.07) is 9.92. The zero-order chi connectivity index (χ0) is 14.7. The van der Waals surface area contributed by atoms with Gasteiger partial charge in [-0.1, -0.05) is 34.2 Å². The minimum atomic E-state index is -0.448. The van der Waals surface area contributed by atoms with Crippen LogP contribution in [-0.2, 0) is 0 Å². The summed E-state index contributed by atoms with van der Waals surface area (Å²) >= 11 is 9.85. The Balaban J connectivity index is 2.48. The second-order valence-electron chi connectivity index (χ2n) is 3.87. The number of halogens is 2. The van der Waals surface area contributed by atoms with E-state index in [9.17, 15) is 4.39 Å². The van der Waals surface area contributed by atoms with E-state index in [4.69, 9.17) is 22.7 Å². The van der Waals surface area contributed by atoms with Crippen molar-refractivity contribution in [1.82, 2.24) is 0 Å². The van der Waals surface area contributed by atoms with Gasteiger partial charge < -0.3 is 10.5 Å². The highest BCUT2D eigenvalue weighted by atomic mass is 79.9. The van der Waals surface area contributed by atoms with Crippen LogP contribution in [0.15, 0.2) is 45.8 Å². The minimum absolute atomic E-state index is 0.120. The first kappa shape index (κ1) is 15.3. The van der Waals surface area contributed by atoms with Crippen LogP contribution in [0.25, 0.3) is 0 Å². The molecule has 104 valence electrons. The number of hydrogen-bond donors (Lipinski definition) is 1. The number of hydrogen-bond acceptors (Lipinski definition) is 3. The number of benzene rings is 2. The molecule has 0 radical (unpaired) electrons. The second-order valence-corrected chi connectivity index (χ2v) is 6.08. The Morgan fingerprint density at radius 1 is 1.30 bits per heavy atom.